The smallest absolute Gasteiger partial charge is 0.223 e. The molecule has 5 rings (SSSR count). The second-order valence-electron chi connectivity index (χ2n) is 8.84. The Kier molecular flexibility index (Phi) is 5.86. The molecule has 1 aliphatic heterocycles. The van der Waals surface area contributed by atoms with E-state index < -0.39 is 0 Å². The van der Waals surface area contributed by atoms with E-state index >= 15 is 0 Å². The van der Waals surface area contributed by atoms with Gasteiger partial charge in [-0.2, -0.15) is 0 Å². The number of imidazole rings is 1. The fraction of sp³-hybridized carbons (Fsp3) is 0.286. The first-order chi connectivity index (χ1) is 16.1. The summed E-state index contributed by atoms with van der Waals surface area (Å²) in [5.41, 5.74) is 5.49. The van der Waals surface area contributed by atoms with Gasteiger partial charge in [0.2, 0.25) is 5.91 Å². The van der Waals surface area contributed by atoms with Crippen LogP contribution in [0.4, 0.5) is 0 Å². The quantitative estimate of drug-likeness (QED) is 0.395. The van der Waals surface area contributed by atoms with Crippen molar-refractivity contribution >= 4 is 16.9 Å². The van der Waals surface area contributed by atoms with Crippen molar-refractivity contribution in [2.45, 2.75) is 39.3 Å². The van der Waals surface area contributed by atoms with E-state index in [1.54, 1.807) is 0 Å². The van der Waals surface area contributed by atoms with Gasteiger partial charge in [-0.1, -0.05) is 60.7 Å². The lowest BCUT2D eigenvalue weighted by molar-refractivity contribution is -0.128. The van der Waals surface area contributed by atoms with E-state index in [2.05, 4.69) is 54.8 Å². The maximum Gasteiger partial charge on any atom is 0.223 e. The molecule has 168 valence electrons. The van der Waals surface area contributed by atoms with E-state index in [4.69, 9.17) is 9.72 Å². The molecule has 1 atom stereocenters. The molecule has 0 spiro atoms. The zero-order valence-corrected chi connectivity index (χ0v) is 19.2. The molecule has 2 heterocycles. The van der Waals surface area contributed by atoms with E-state index in [9.17, 15) is 4.79 Å². The first-order valence-electron chi connectivity index (χ1n) is 11.6. The Bertz CT molecular complexity index is 1260. The second-order valence-corrected chi connectivity index (χ2v) is 8.84. The zero-order chi connectivity index (χ0) is 22.8. The van der Waals surface area contributed by atoms with Gasteiger partial charge in [-0.3, -0.25) is 4.79 Å². The van der Waals surface area contributed by atoms with Gasteiger partial charge in [0.05, 0.1) is 17.6 Å². The number of nitrogens with zero attached hydrogens (tertiary/aromatic N) is 3. The van der Waals surface area contributed by atoms with E-state index in [1.165, 1.54) is 0 Å². The van der Waals surface area contributed by atoms with Crippen molar-refractivity contribution in [2.75, 3.05) is 13.2 Å². The van der Waals surface area contributed by atoms with E-state index in [0.29, 0.717) is 32.7 Å². The van der Waals surface area contributed by atoms with Crippen molar-refractivity contribution in [1.29, 1.82) is 0 Å². The number of aryl methyl sites for hydroxylation is 2. The van der Waals surface area contributed by atoms with E-state index in [-0.39, 0.29) is 11.8 Å². The summed E-state index contributed by atoms with van der Waals surface area (Å²) in [7, 11) is 0. The van der Waals surface area contributed by atoms with Gasteiger partial charge in [0, 0.05) is 25.4 Å². The molecule has 1 aliphatic rings. The largest absolute Gasteiger partial charge is 0.491 e. The maximum absolute atomic E-state index is 12.8. The van der Waals surface area contributed by atoms with E-state index in [0.717, 1.165) is 39.3 Å². The lowest BCUT2D eigenvalue weighted by atomic mass is 10.1. The Balaban J connectivity index is 1.37. The number of amides is 1. The first-order valence-corrected chi connectivity index (χ1v) is 11.6. The molecule has 5 nitrogen and oxygen atoms in total. The Morgan fingerprint density at radius 1 is 0.939 bits per heavy atom. The molecular weight excluding hydrogens is 410 g/mol. The molecule has 4 aromatic rings. The standard InChI is InChI=1S/C28H29N3O2/c1-20-9-8-10-21(2)27(20)33-16-15-31-25-14-7-6-13-24(25)29-28(31)23-17-26(32)30(19-23)18-22-11-4-3-5-12-22/h3-14,23H,15-19H2,1-2H3/t23-/m1/s1. The molecule has 1 amide bonds. The number of rotatable bonds is 7. The Hall–Kier alpha value is -3.60. The molecule has 0 unspecified atom stereocenters. The average Bonchev–Trinajstić information content (AvgIpc) is 3.37. The molecule has 1 saturated heterocycles. The summed E-state index contributed by atoms with van der Waals surface area (Å²) in [5, 5.41) is 0. The van der Waals surface area contributed by atoms with Crippen LogP contribution in [0.25, 0.3) is 11.0 Å². The molecule has 1 fully saturated rings. The van der Waals surface area contributed by atoms with Crippen LogP contribution in [0.1, 0.15) is 34.9 Å². The molecular formula is C28H29N3O2. The molecule has 0 N–H and O–H groups in total. The fourth-order valence-electron chi connectivity index (χ4n) is 4.81. The molecule has 0 saturated carbocycles. The Morgan fingerprint density at radius 3 is 2.45 bits per heavy atom. The molecule has 0 radical (unpaired) electrons. The van der Waals surface area contributed by atoms with Gasteiger partial charge in [0.25, 0.3) is 0 Å². The number of carbonyl (C=O) groups excluding carboxylic acids is 1. The second kappa shape index (κ2) is 9.10. The van der Waals surface area contributed by atoms with Crippen molar-refractivity contribution in [3.05, 3.63) is 95.3 Å². The van der Waals surface area contributed by atoms with Crippen LogP contribution in [0.15, 0.2) is 72.8 Å². The van der Waals surface area contributed by atoms with Crippen LogP contribution in [-0.4, -0.2) is 33.5 Å². The third-order valence-electron chi connectivity index (χ3n) is 6.45. The van der Waals surface area contributed by atoms with Crippen molar-refractivity contribution < 1.29 is 9.53 Å². The minimum atomic E-state index is 0.0776. The minimum absolute atomic E-state index is 0.0776. The number of hydrogen-bond donors (Lipinski definition) is 0. The number of aromatic nitrogens is 2. The number of hydrogen-bond acceptors (Lipinski definition) is 3. The summed E-state index contributed by atoms with van der Waals surface area (Å²) in [6.45, 7) is 6.72. The highest BCUT2D eigenvalue weighted by atomic mass is 16.5. The van der Waals surface area contributed by atoms with Gasteiger partial charge < -0.3 is 14.2 Å². The average molecular weight is 440 g/mol. The van der Waals surface area contributed by atoms with Gasteiger partial charge in [-0.25, -0.2) is 4.98 Å². The summed E-state index contributed by atoms with van der Waals surface area (Å²) < 4.78 is 8.45. The molecule has 0 bridgehead atoms. The fourth-order valence-corrected chi connectivity index (χ4v) is 4.81. The van der Waals surface area contributed by atoms with Gasteiger partial charge >= 0.3 is 0 Å². The van der Waals surface area contributed by atoms with Gasteiger partial charge in [-0.05, 0) is 42.7 Å². The first kappa shape index (κ1) is 21.3. The molecule has 1 aromatic heterocycles. The number of likely N-dealkylation sites (tertiary alicyclic amines) is 1. The van der Waals surface area contributed by atoms with Crippen LogP contribution in [0.5, 0.6) is 5.75 Å². The third-order valence-corrected chi connectivity index (χ3v) is 6.45. The number of para-hydroxylation sites is 3. The van der Waals surface area contributed by atoms with E-state index in [1.807, 2.05) is 41.3 Å². The van der Waals surface area contributed by atoms with Crippen molar-refractivity contribution in [2.24, 2.45) is 0 Å². The van der Waals surface area contributed by atoms with Gasteiger partial charge in [0.15, 0.2) is 0 Å². The topological polar surface area (TPSA) is 47.4 Å². The van der Waals surface area contributed by atoms with Crippen LogP contribution in [0.3, 0.4) is 0 Å². The predicted octanol–water partition coefficient (Wildman–Crippen LogP) is 5.25. The number of ether oxygens (including phenoxy) is 1. The number of benzene rings is 3. The van der Waals surface area contributed by atoms with Crippen LogP contribution in [-0.2, 0) is 17.9 Å². The number of fused-ring (bicyclic) bond motifs is 1. The third kappa shape index (κ3) is 4.36. The summed E-state index contributed by atoms with van der Waals surface area (Å²) in [5.74, 6) is 2.20. The number of carbonyl (C=O) groups is 1. The normalized spacial score (nSPS) is 16.0. The highest BCUT2D eigenvalue weighted by molar-refractivity contribution is 5.81. The van der Waals surface area contributed by atoms with Gasteiger partial charge in [-0.15, -0.1) is 0 Å². The Labute approximate surface area is 194 Å². The molecule has 5 heteroatoms. The Morgan fingerprint density at radius 2 is 1.67 bits per heavy atom. The monoisotopic (exact) mass is 439 g/mol. The SMILES string of the molecule is Cc1cccc(C)c1OCCn1c([C@@H]2CC(=O)N(Cc3ccccc3)C2)nc2ccccc21. The summed E-state index contributed by atoms with van der Waals surface area (Å²) >= 11 is 0. The molecule has 3 aromatic carbocycles. The maximum atomic E-state index is 12.8. The molecule has 0 aliphatic carbocycles. The van der Waals surface area contributed by atoms with Gasteiger partial charge in [0.1, 0.15) is 18.2 Å². The minimum Gasteiger partial charge on any atom is -0.491 e. The summed E-state index contributed by atoms with van der Waals surface area (Å²) in [6, 6.07) is 24.6. The van der Waals surface area contributed by atoms with Crippen molar-refractivity contribution in [3.63, 3.8) is 0 Å². The lowest BCUT2D eigenvalue weighted by Crippen LogP contribution is -2.24. The lowest BCUT2D eigenvalue weighted by Gasteiger charge is -2.18. The summed E-state index contributed by atoms with van der Waals surface area (Å²) in [4.78, 5) is 19.7. The van der Waals surface area contributed by atoms with Crippen LogP contribution >= 0.6 is 0 Å². The predicted molar refractivity (Wildman–Crippen MR) is 130 cm³/mol. The zero-order valence-electron chi connectivity index (χ0n) is 19.2. The van der Waals surface area contributed by atoms with Crippen molar-refractivity contribution in [3.8, 4) is 5.75 Å². The van der Waals surface area contributed by atoms with Crippen LogP contribution < -0.4 is 4.74 Å². The summed E-state index contributed by atoms with van der Waals surface area (Å²) in [6.07, 6.45) is 0.494. The van der Waals surface area contributed by atoms with Crippen molar-refractivity contribution in [1.82, 2.24) is 14.5 Å². The molecule has 33 heavy (non-hydrogen) atoms. The highest BCUT2D eigenvalue weighted by Gasteiger charge is 2.34. The van der Waals surface area contributed by atoms with Crippen LogP contribution in [0.2, 0.25) is 0 Å². The highest BCUT2D eigenvalue weighted by Crippen LogP contribution is 2.31. The van der Waals surface area contributed by atoms with Crippen LogP contribution in [0, 0.1) is 13.8 Å².